The van der Waals surface area contributed by atoms with Gasteiger partial charge in [0, 0.05) is 10.6 Å². The first-order chi connectivity index (χ1) is 7.06. The van der Waals surface area contributed by atoms with Crippen LogP contribution >= 0.6 is 23.2 Å². The Morgan fingerprint density at radius 1 is 1.40 bits per heavy atom. The summed E-state index contributed by atoms with van der Waals surface area (Å²) < 4.78 is 0. The number of carbonyl (C=O) groups excluding carboxylic acids is 2. The van der Waals surface area contributed by atoms with E-state index in [1.165, 1.54) is 12.1 Å². The van der Waals surface area contributed by atoms with E-state index in [4.69, 9.17) is 29.0 Å². The molecule has 0 aliphatic heterocycles. The van der Waals surface area contributed by atoms with E-state index in [1.807, 2.05) is 0 Å². The molecule has 0 heterocycles. The number of hydrazine groups is 1. The molecule has 0 aromatic heterocycles. The highest BCUT2D eigenvalue weighted by Crippen LogP contribution is 2.11. The van der Waals surface area contributed by atoms with Crippen molar-refractivity contribution >= 4 is 35.0 Å². The molecule has 0 bridgehead atoms. The van der Waals surface area contributed by atoms with Crippen molar-refractivity contribution < 1.29 is 9.59 Å². The van der Waals surface area contributed by atoms with E-state index in [-0.39, 0.29) is 11.4 Å². The number of hydrogen-bond acceptors (Lipinski definition) is 3. The molecule has 80 valence electrons. The molecule has 1 aromatic rings. The summed E-state index contributed by atoms with van der Waals surface area (Å²) in [7, 11) is 0. The molecule has 0 unspecified atom stereocenters. The van der Waals surface area contributed by atoms with Crippen LogP contribution < -0.4 is 5.84 Å². The number of benzene rings is 1. The molecule has 0 aliphatic rings. The molecule has 15 heavy (non-hydrogen) atoms. The fourth-order valence-corrected chi connectivity index (χ4v) is 1.26. The van der Waals surface area contributed by atoms with Crippen molar-refractivity contribution in [2.45, 2.75) is 0 Å². The second kappa shape index (κ2) is 5.11. The monoisotopic (exact) mass is 246 g/mol. The Balaban J connectivity index is 2.90. The van der Waals surface area contributed by atoms with E-state index in [2.05, 4.69) is 0 Å². The van der Waals surface area contributed by atoms with Crippen molar-refractivity contribution in [1.29, 1.82) is 0 Å². The third-order valence-electron chi connectivity index (χ3n) is 1.67. The van der Waals surface area contributed by atoms with Crippen LogP contribution in [-0.2, 0) is 4.79 Å². The van der Waals surface area contributed by atoms with E-state index in [0.717, 1.165) is 0 Å². The lowest BCUT2D eigenvalue weighted by molar-refractivity contribution is -0.126. The molecule has 2 amide bonds. The highest BCUT2D eigenvalue weighted by Gasteiger charge is 2.18. The molecule has 1 rings (SSSR count). The molecule has 4 nitrogen and oxygen atoms in total. The Morgan fingerprint density at radius 2 is 2.07 bits per heavy atom. The van der Waals surface area contributed by atoms with E-state index in [1.54, 1.807) is 12.1 Å². The molecule has 6 heteroatoms. The van der Waals surface area contributed by atoms with Crippen molar-refractivity contribution in [2.75, 3.05) is 5.88 Å². The van der Waals surface area contributed by atoms with Crippen LogP contribution in [0.2, 0.25) is 5.02 Å². The topological polar surface area (TPSA) is 63.4 Å². The minimum atomic E-state index is -0.665. The predicted molar refractivity (Wildman–Crippen MR) is 57.5 cm³/mol. The number of nitrogens with two attached hydrogens (primary N) is 1. The van der Waals surface area contributed by atoms with Crippen molar-refractivity contribution in [3.63, 3.8) is 0 Å². The Kier molecular flexibility index (Phi) is 4.08. The van der Waals surface area contributed by atoms with Gasteiger partial charge in [-0.1, -0.05) is 17.7 Å². The largest absolute Gasteiger partial charge is 0.274 e. The van der Waals surface area contributed by atoms with Gasteiger partial charge in [-0.2, -0.15) is 0 Å². The summed E-state index contributed by atoms with van der Waals surface area (Å²) in [6.45, 7) is 0. The number of hydrogen-bond donors (Lipinski definition) is 1. The van der Waals surface area contributed by atoms with Gasteiger partial charge in [0.1, 0.15) is 5.88 Å². The maximum absolute atomic E-state index is 11.6. The van der Waals surface area contributed by atoms with Gasteiger partial charge in [0.2, 0.25) is 0 Å². The van der Waals surface area contributed by atoms with Gasteiger partial charge < -0.3 is 0 Å². The third-order valence-corrected chi connectivity index (χ3v) is 2.14. The molecule has 0 radical (unpaired) electrons. The Labute approximate surface area is 96.5 Å². The summed E-state index contributed by atoms with van der Waals surface area (Å²) in [5, 5.41) is 0.867. The number of halogens is 2. The van der Waals surface area contributed by atoms with Gasteiger partial charge in [0.15, 0.2) is 0 Å². The van der Waals surface area contributed by atoms with Gasteiger partial charge in [-0.05, 0) is 18.2 Å². The zero-order valence-electron chi connectivity index (χ0n) is 7.61. The number of rotatable bonds is 2. The van der Waals surface area contributed by atoms with Crippen molar-refractivity contribution in [2.24, 2.45) is 5.84 Å². The van der Waals surface area contributed by atoms with Crippen molar-refractivity contribution in [3.05, 3.63) is 34.9 Å². The van der Waals surface area contributed by atoms with Crippen LogP contribution in [0, 0.1) is 0 Å². The smallest absolute Gasteiger partial charge is 0.272 e. The molecular weight excluding hydrogens is 239 g/mol. The average molecular weight is 247 g/mol. The number of imide groups is 1. The van der Waals surface area contributed by atoms with Crippen LogP contribution in [0.15, 0.2) is 24.3 Å². The number of nitrogens with zero attached hydrogens (tertiary/aromatic N) is 1. The van der Waals surface area contributed by atoms with E-state index < -0.39 is 11.8 Å². The predicted octanol–water partition coefficient (Wildman–Crippen LogP) is 1.42. The van der Waals surface area contributed by atoms with Crippen LogP contribution in [0.4, 0.5) is 0 Å². The van der Waals surface area contributed by atoms with E-state index >= 15 is 0 Å². The maximum Gasteiger partial charge on any atom is 0.274 e. The molecule has 0 spiro atoms. The SMILES string of the molecule is NN(C(=O)CCl)C(=O)c1cccc(Cl)c1. The Hall–Kier alpha value is -1.10. The van der Waals surface area contributed by atoms with Gasteiger partial charge in [0.05, 0.1) is 0 Å². The fourth-order valence-electron chi connectivity index (χ4n) is 0.938. The lowest BCUT2D eigenvalue weighted by atomic mass is 10.2. The van der Waals surface area contributed by atoms with Crippen LogP contribution in [0.5, 0.6) is 0 Å². The zero-order valence-corrected chi connectivity index (χ0v) is 9.13. The van der Waals surface area contributed by atoms with Crippen molar-refractivity contribution in [3.8, 4) is 0 Å². The molecular formula is C9H8Cl2N2O2. The summed E-state index contributed by atoms with van der Waals surface area (Å²) in [5.74, 6) is 3.61. The molecule has 0 saturated heterocycles. The Morgan fingerprint density at radius 3 is 2.60 bits per heavy atom. The first-order valence-electron chi connectivity index (χ1n) is 3.99. The van der Waals surface area contributed by atoms with Gasteiger partial charge in [-0.3, -0.25) is 9.59 Å². The normalized spacial score (nSPS) is 9.80. The van der Waals surface area contributed by atoms with Crippen molar-refractivity contribution in [1.82, 2.24) is 5.01 Å². The zero-order chi connectivity index (χ0) is 11.4. The minimum Gasteiger partial charge on any atom is -0.272 e. The molecule has 0 atom stereocenters. The summed E-state index contributed by atoms with van der Waals surface area (Å²) >= 11 is 10.9. The summed E-state index contributed by atoms with van der Waals surface area (Å²) in [5.41, 5.74) is 0.239. The molecule has 0 fully saturated rings. The van der Waals surface area contributed by atoms with E-state index in [9.17, 15) is 9.59 Å². The van der Waals surface area contributed by atoms with Crippen LogP contribution in [0.3, 0.4) is 0 Å². The quantitative estimate of drug-likeness (QED) is 0.372. The van der Waals surface area contributed by atoms with Gasteiger partial charge in [0.25, 0.3) is 11.8 Å². The average Bonchev–Trinajstić information content (AvgIpc) is 2.26. The second-order valence-electron chi connectivity index (χ2n) is 2.71. The highest BCUT2D eigenvalue weighted by atomic mass is 35.5. The van der Waals surface area contributed by atoms with Crippen LogP contribution in [-0.4, -0.2) is 22.7 Å². The number of alkyl halides is 1. The first kappa shape index (κ1) is 12.0. The molecule has 1 aromatic carbocycles. The number of amides is 2. The second-order valence-corrected chi connectivity index (χ2v) is 3.42. The van der Waals surface area contributed by atoms with Crippen LogP contribution in [0.1, 0.15) is 10.4 Å². The summed E-state index contributed by atoms with van der Waals surface area (Å²) in [6, 6.07) is 6.14. The molecule has 0 aliphatic carbocycles. The lowest BCUT2D eigenvalue weighted by Gasteiger charge is -2.12. The number of carbonyl (C=O) groups is 2. The highest BCUT2D eigenvalue weighted by molar-refractivity contribution is 6.31. The Bertz CT molecular complexity index is 395. The minimum absolute atomic E-state index is 0.239. The standard InChI is InChI=1S/C9H8Cl2N2O2/c10-5-8(14)13(12)9(15)6-2-1-3-7(11)4-6/h1-4H,5,12H2. The molecule has 2 N–H and O–H groups in total. The van der Waals surface area contributed by atoms with Gasteiger partial charge >= 0.3 is 0 Å². The van der Waals surface area contributed by atoms with Gasteiger partial charge in [-0.15, -0.1) is 11.6 Å². The van der Waals surface area contributed by atoms with Crippen LogP contribution in [0.25, 0.3) is 0 Å². The first-order valence-corrected chi connectivity index (χ1v) is 4.91. The molecule has 0 saturated carbocycles. The maximum atomic E-state index is 11.6. The lowest BCUT2D eigenvalue weighted by Crippen LogP contribution is -2.43. The fraction of sp³-hybridized carbons (Fsp3) is 0.111. The van der Waals surface area contributed by atoms with Gasteiger partial charge in [-0.25, -0.2) is 10.9 Å². The van der Waals surface area contributed by atoms with E-state index in [0.29, 0.717) is 10.0 Å². The third kappa shape index (κ3) is 2.92. The summed E-state index contributed by atoms with van der Waals surface area (Å²) in [4.78, 5) is 22.6. The summed E-state index contributed by atoms with van der Waals surface area (Å²) in [6.07, 6.45) is 0.